The van der Waals surface area contributed by atoms with E-state index in [2.05, 4.69) is 16.0 Å². The molecule has 2 fully saturated rings. The van der Waals surface area contributed by atoms with Crippen LogP contribution in [0.1, 0.15) is 18.4 Å². The van der Waals surface area contributed by atoms with Crippen LogP contribution >= 0.6 is 11.8 Å². The van der Waals surface area contributed by atoms with Gasteiger partial charge in [-0.2, -0.15) is 0 Å². The molecule has 3 atom stereocenters. The van der Waals surface area contributed by atoms with E-state index >= 15 is 0 Å². The van der Waals surface area contributed by atoms with Crippen LogP contribution in [-0.2, 0) is 16.0 Å². The first-order chi connectivity index (χ1) is 16.0. The van der Waals surface area contributed by atoms with Crippen molar-refractivity contribution in [3.63, 3.8) is 0 Å². The average molecular weight is 469 g/mol. The number of piperazine rings is 1. The van der Waals surface area contributed by atoms with Gasteiger partial charge in [-0.1, -0.05) is 18.2 Å². The van der Waals surface area contributed by atoms with Crippen molar-refractivity contribution in [2.45, 2.75) is 42.3 Å². The number of ether oxygens (including phenoxy) is 1. The molecular weight excluding hydrogens is 440 g/mol. The SMILES string of the molecule is COc1ccc(C[C@H]2NC(=O)[C@@H]3C[C@@H](NC(=O)Nc4cccc(SC)c4)CCN3C2=O)cc1. The number of methoxy groups -OCH3 is 1. The Balaban J connectivity index is 1.33. The van der Waals surface area contributed by atoms with Gasteiger partial charge in [0.25, 0.3) is 0 Å². The number of nitrogens with one attached hydrogen (secondary N) is 3. The van der Waals surface area contributed by atoms with Gasteiger partial charge in [-0.15, -0.1) is 11.8 Å². The van der Waals surface area contributed by atoms with Crippen LogP contribution in [0.15, 0.2) is 53.4 Å². The van der Waals surface area contributed by atoms with E-state index < -0.39 is 12.1 Å². The number of hydrogen-bond acceptors (Lipinski definition) is 5. The van der Waals surface area contributed by atoms with Crippen LogP contribution in [0.25, 0.3) is 0 Å². The summed E-state index contributed by atoms with van der Waals surface area (Å²) in [6, 6.07) is 13.4. The average Bonchev–Trinajstić information content (AvgIpc) is 2.83. The van der Waals surface area contributed by atoms with Gasteiger partial charge in [0.05, 0.1) is 7.11 Å². The van der Waals surface area contributed by atoms with Crippen molar-refractivity contribution in [3.8, 4) is 5.75 Å². The number of benzene rings is 2. The van der Waals surface area contributed by atoms with Gasteiger partial charge >= 0.3 is 6.03 Å². The zero-order chi connectivity index (χ0) is 23.4. The van der Waals surface area contributed by atoms with E-state index in [-0.39, 0.29) is 23.9 Å². The monoisotopic (exact) mass is 468 g/mol. The highest BCUT2D eigenvalue weighted by Crippen LogP contribution is 2.24. The number of hydrogen-bond donors (Lipinski definition) is 3. The van der Waals surface area contributed by atoms with Gasteiger partial charge in [0.2, 0.25) is 11.8 Å². The topological polar surface area (TPSA) is 99.8 Å². The van der Waals surface area contributed by atoms with Crippen LogP contribution in [0.4, 0.5) is 10.5 Å². The molecule has 0 spiro atoms. The Morgan fingerprint density at radius 1 is 1.21 bits per heavy atom. The Kier molecular flexibility index (Phi) is 7.08. The van der Waals surface area contributed by atoms with Gasteiger partial charge < -0.3 is 25.6 Å². The number of thioether (sulfide) groups is 1. The molecule has 2 aromatic carbocycles. The smallest absolute Gasteiger partial charge is 0.319 e. The number of rotatable bonds is 6. The van der Waals surface area contributed by atoms with Crippen molar-refractivity contribution in [2.24, 2.45) is 0 Å². The largest absolute Gasteiger partial charge is 0.497 e. The number of anilines is 1. The summed E-state index contributed by atoms with van der Waals surface area (Å²) in [4.78, 5) is 41.0. The maximum atomic E-state index is 13.0. The quantitative estimate of drug-likeness (QED) is 0.566. The van der Waals surface area contributed by atoms with Gasteiger partial charge in [0, 0.05) is 29.6 Å². The van der Waals surface area contributed by atoms with Crippen LogP contribution in [0, 0.1) is 0 Å². The van der Waals surface area contributed by atoms with Crippen LogP contribution in [0.5, 0.6) is 5.75 Å². The van der Waals surface area contributed by atoms with Crippen molar-refractivity contribution >= 4 is 35.3 Å². The van der Waals surface area contributed by atoms with E-state index in [0.29, 0.717) is 31.5 Å². The second-order valence-electron chi connectivity index (χ2n) is 8.21. The molecule has 2 aliphatic rings. The number of carbonyl (C=O) groups is 3. The van der Waals surface area contributed by atoms with E-state index in [1.54, 1.807) is 23.8 Å². The van der Waals surface area contributed by atoms with E-state index in [9.17, 15) is 14.4 Å². The summed E-state index contributed by atoms with van der Waals surface area (Å²) >= 11 is 1.60. The molecule has 4 rings (SSSR count). The van der Waals surface area contributed by atoms with Gasteiger partial charge in [0.1, 0.15) is 17.8 Å². The predicted octanol–water partition coefficient (Wildman–Crippen LogP) is 2.64. The lowest BCUT2D eigenvalue weighted by molar-refractivity contribution is -0.151. The molecule has 0 saturated carbocycles. The van der Waals surface area contributed by atoms with Crippen molar-refractivity contribution in [2.75, 3.05) is 25.2 Å². The maximum Gasteiger partial charge on any atom is 0.319 e. The molecular formula is C24H28N4O4S. The fourth-order valence-electron chi connectivity index (χ4n) is 4.33. The summed E-state index contributed by atoms with van der Waals surface area (Å²) in [6.07, 6.45) is 3.40. The maximum absolute atomic E-state index is 13.0. The number of piperidine rings is 1. The number of nitrogens with zero attached hydrogens (tertiary/aromatic N) is 1. The number of carbonyl (C=O) groups excluding carboxylic acids is 3. The van der Waals surface area contributed by atoms with Gasteiger partial charge in [-0.05, 0) is 55.0 Å². The molecule has 0 aliphatic carbocycles. The molecule has 0 aromatic heterocycles. The van der Waals surface area contributed by atoms with E-state index in [1.165, 1.54) is 0 Å². The molecule has 0 unspecified atom stereocenters. The standard InChI is InChI=1S/C24H28N4O4S/c1-32-18-8-6-15(7-9-18)12-20-23(30)28-11-10-17(14-21(28)22(29)27-20)26-24(31)25-16-4-3-5-19(13-16)33-2/h3-9,13,17,20-21H,10-12,14H2,1-2H3,(H,27,29)(H2,25,26,31)/t17-,20+,21-/m0/s1. The Morgan fingerprint density at radius 3 is 2.73 bits per heavy atom. The van der Waals surface area contributed by atoms with Crippen molar-refractivity contribution < 1.29 is 19.1 Å². The fourth-order valence-corrected chi connectivity index (χ4v) is 4.79. The second-order valence-corrected chi connectivity index (χ2v) is 9.09. The summed E-state index contributed by atoms with van der Waals surface area (Å²) in [5.41, 5.74) is 1.66. The first kappa shape index (κ1) is 23.0. The van der Waals surface area contributed by atoms with Crippen molar-refractivity contribution in [1.82, 2.24) is 15.5 Å². The Bertz CT molecular complexity index is 1030. The molecule has 2 heterocycles. The van der Waals surface area contributed by atoms with Gasteiger partial charge in [0.15, 0.2) is 0 Å². The Labute approximate surface area is 197 Å². The summed E-state index contributed by atoms with van der Waals surface area (Å²) in [6.45, 7) is 0.433. The molecule has 174 valence electrons. The number of fused-ring (bicyclic) bond motifs is 1. The minimum absolute atomic E-state index is 0.0767. The highest BCUT2D eigenvalue weighted by Gasteiger charge is 2.44. The van der Waals surface area contributed by atoms with Crippen molar-refractivity contribution in [3.05, 3.63) is 54.1 Å². The molecule has 0 radical (unpaired) electrons. The lowest BCUT2D eigenvalue weighted by atomic mass is 9.91. The molecule has 3 N–H and O–H groups in total. The molecule has 2 saturated heterocycles. The summed E-state index contributed by atoms with van der Waals surface area (Å²) in [5.74, 6) is 0.494. The Morgan fingerprint density at radius 2 is 2.00 bits per heavy atom. The zero-order valence-electron chi connectivity index (χ0n) is 18.7. The van der Waals surface area contributed by atoms with Gasteiger partial charge in [-0.25, -0.2) is 4.79 Å². The summed E-state index contributed by atoms with van der Waals surface area (Å²) < 4.78 is 5.17. The minimum atomic E-state index is -0.585. The van der Waals surface area contributed by atoms with E-state index in [1.807, 2.05) is 54.8 Å². The molecule has 2 aromatic rings. The van der Waals surface area contributed by atoms with Crippen LogP contribution in [0.2, 0.25) is 0 Å². The Hall–Kier alpha value is -3.20. The molecule has 9 heteroatoms. The van der Waals surface area contributed by atoms with Crippen molar-refractivity contribution in [1.29, 1.82) is 0 Å². The lowest BCUT2D eigenvalue weighted by Crippen LogP contribution is -2.67. The minimum Gasteiger partial charge on any atom is -0.497 e. The molecule has 4 amide bonds. The molecule has 2 aliphatic heterocycles. The first-order valence-electron chi connectivity index (χ1n) is 10.9. The third-order valence-electron chi connectivity index (χ3n) is 6.06. The first-order valence-corrected chi connectivity index (χ1v) is 12.1. The second kappa shape index (κ2) is 10.2. The van der Waals surface area contributed by atoms with E-state index in [4.69, 9.17) is 4.74 Å². The summed E-state index contributed by atoms with van der Waals surface area (Å²) in [7, 11) is 1.60. The summed E-state index contributed by atoms with van der Waals surface area (Å²) in [5, 5.41) is 8.67. The lowest BCUT2D eigenvalue weighted by Gasteiger charge is -2.44. The van der Waals surface area contributed by atoms with Crippen LogP contribution in [-0.4, -0.2) is 60.8 Å². The predicted molar refractivity (Wildman–Crippen MR) is 128 cm³/mol. The molecule has 33 heavy (non-hydrogen) atoms. The van der Waals surface area contributed by atoms with Gasteiger partial charge in [-0.3, -0.25) is 9.59 Å². The molecule has 8 nitrogen and oxygen atoms in total. The number of amides is 4. The third kappa shape index (κ3) is 5.42. The number of urea groups is 1. The van der Waals surface area contributed by atoms with Crippen LogP contribution in [0.3, 0.4) is 0 Å². The molecule has 0 bridgehead atoms. The highest BCUT2D eigenvalue weighted by molar-refractivity contribution is 7.98. The zero-order valence-corrected chi connectivity index (χ0v) is 19.5. The fraction of sp³-hybridized carbons (Fsp3) is 0.375. The highest BCUT2D eigenvalue weighted by atomic mass is 32.2. The normalized spacial score (nSPS) is 22.2. The van der Waals surface area contributed by atoms with E-state index in [0.717, 1.165) is 16.2 Å². The van der Waals surface area contributed by atoms with Crippen LogP contribution < -0.4 is 20.7 Å². The third-order valence-corrected chi connectivity index (χ3v) is 6.79.